The van der Waals surface area contributed by atoms with Gasteiger partial charge < -0.3 is 9.64 Å². The Hall–Kier alpha value is -1.27. The minimum absolute atomic E-state index is 0.151. The van der Waals surface area contributed by atoms with Crippen molar-refractivity contribution in [2.24, 2.45) is 0 Å². The van der Waals surface area contributed by atoms with Crippen LogP contribution in [0.4, 0.5) is 10.2 Å². The number of halogens is 1. The van der Waals surface area contributed by atoms with Gasteiger partial charge in [-0.1, -0.05) is 6.92 Å². The van der Waals surface area contributed by atoms with Gasteiger partial charge in [0.2, 0.25) is 0 Å². The van der Waals surface area contributed by atoms with E-state index in [1.54, 1.807) is 0 Å². The molecule has 0 amide bonds. The predicted octanol–water partition coefficient (Wildman–Crippen LogP) is 0.697. The summed E-state index contributed by atoms with van der Waals surface area (Å²) < 4.78 is 20.0. The van der Waals surface area contributed by atoms with Gasteiger partial charge in [-0.15, -0.1) is 0 Å². The van der Waals surface area contributed by atoms with Crippen molar-refractivity contribution in [1.29, 1.82) is 0 Å². The van der Waals surface area contributed by atoms with E-state index in [1.165, 1.54) is 6.33 Å². The second-order valence-corrected chi connectivity index (χ2v) is 5.17. The molecule has 2 saturated heterocycles. The Kier molecular flexibility index (Phi) is 3.36. The molecule has 1 aromatic rings. The van der Waals surface area contributed by atoms with Crippen molar-refractivity contribution < 1.29 is 9.13 Å². The quantitative estimate of drug-likeness (QED) is 0.788. The summed E-state index contributed by atoms with van der Waals surface area (Å²) in [6.45, 7) is 5.04. The zero-order chi connectivity index (χ0) is 13.4. The van der Waals surface area contributed by atoms with Crippen molar-refractivity contribution in [2.75, 3.05) is 38.2 Å². The Morgan fingerprint density at radius 3 is 3.00 bits per heavy atom. The van der Waals surface area contributed by atoms with Gasteiger partial charge in [0.05, 0.1) is 24.4 Å². The van der Waals surface area contributed by atoms with Gasteiger partial charge in [-0.3, -0.25) is 4.90 Å². The number of nitrogens with zero attached hydrogens (tertiary/aromatic N) is 4. The van der Waals surface area contributed by atoms with Crippen LogP contribution in [0.3, 0.4) is 0 Å². The number of hydrogen-bond donors (Lipinski definition) is 0. The molecular weight excluding hydrogens is 247 g/mol. The average molecular weight is 266 g/mol. The summed E-state index contributed by atoms with van der Waals surface area (Å²) >= 11 is 0. The molecule has 3 rings (SSSR count). The maximum Gasteiger partial charge on any atom is 0.187 e. The summed E-state index contributed by atoms with van der Waals surface area (Å²) in [4.78, 5) is 12.4. The monoisotopic (exact) mass is 266 g/mol. The summed E-state index contributed by atoms with van der Waals surface area (Å²) in [7, 11) is 2.09. The summed E-state index contributed by atoms with van der Waals surface area (Å²) in [5, 5.41) is 0. The lowest BCUT2D eigenvalue weighted by atomic mass is 10.1. The van der Waals surface area contributed by atoms with Gasteiger partial charge in [-0.2, -0.15) is 0 Å². The molecule has 0 aliphatic carbocycles. The van der Waals surface area contributed by atoms with Crippen LogP contribution in [0.25, 0.3) is 0 Å². The maximum atomic E-state index is 14.3. The molecular formula is C13H19FN4O. The maximum absolute atomic E-state index is 14.3. The second-order valence-electron chi connectivity index (χ2n) is 5.17. The van der Waals surface area contributed by atoms with Gasteiger partial charge in [0.25, 0.3) is 0 Å². The van der Waals surface area contributed by atoms with Crippen LogP contribution < -0.4 is 4.90 Å². The standard InChI is InChI=1S/C13H19FN4O/c1-3-9-12(14)13(16-8-15-9)18-6-10-11(7-18)19-5-4-17(10)2/h8,10-11H,3-7H2,1-2H3/t10-,11+/m0/s1. The van der Waals surface area contributed by atoms with Gasteiger partial charge >= 0.3 is 0 Å². The van der Waals surface area contributed by atoms with Crippen LogP contribution in [0, 0.1) is 5.82 Å². The minimum Gasteiger partial charge on any atom is -0.373 e. The Morgan fingerprint density at radius 2 is 2.26 bits per heavy atom. The lowest BCUT2D eigenvalue weighted by molar-refractivity contribution is -0.0362. The van der Waals surface area contributed by atoms with E-state index < -0.39 is 0 Å². The molecule has 0 N–H and O–H groups in total. The van der Waals surface area contributed by atoms with Crippen LogP contribution >= 0.6 is 0 Å². The number of aryl methyl sites for hydroxylation is 1. The fourth-order valence-electron chi connectivity index (χ4n) is 2.89. The van der Waals surface area contributed by atoms with Gasteiger partial charge in [-0.25, -0.2) is 14.4 Å². The van der Waals surface area contributed by atoms with Crippen LogP contribution in [-0.4, -0.2) is 60.3 Å². The molecule has 19 heavy (non-hydrogen) atoms. The number of fused-ring (bicyclic) bond motifs is 1. The molecule has 0 saturated carbocycles. The minimum atomic E-state index is -0.286. The number of anilines is 1. The number of hydrogen-bond acceptors (Lipinski definition) is 5. The smallest absolute Gasteiger partial charge is 0.187 e. The first kappa shape index (κ1) is 12.7. The number of morpholine rings is 1. The topological polar surface area (TPSA) is 41.5 Å². The Bertz CT molecular complexity index is 470. The third-order valence-electron chi connectivity index (χ3n) is 4.06. The predicted molar refractivity (Wildman–Crippen MR) is 69.7 cm³/mol. The van der Waals surface area contributed by atoms with E-state index in [2.05, 4.69) is 21.9 Å². The van der Waals surface area contributed by atoms with Crippen molar-refractivity contribution in [3.8, 4) is 0 Å². The Balaban J connectivity index is 1.84. The molecule has 0 radical (unpaired) electrons. The van der Waals surface area contributed by atoms with E-state index in [4.69, 9.17) is 4.74 Å². The molecule has 2 atom stereocenters. The third kappa shape index (κ3) is 2.19. The summed E-state index contributed by atoms with van der Waals surface area (Å²) in [6, 6.07) is 0.327. The van der Waals surface area contributed by atoms with Crippen LogP contribution in [0.5, 0.6) is 0 Å². The molecule has 104 valence electrons. The summed E-state index contributed by atoms with van der Waals surface area (Å²) in [6.07, 6.45) is 2.18. The zero-order valence-corrected chi connectivity index (χ0v) is 11.3. The van der Waals surface area contributed by atoms with Crippen molar-refractivity contribution in [3.63, 3.8) is 0 Å². The second kappa shape index (κ2) is 5.02. The highest BCUT2D eigenvalue weighted by Crippen LogP contribution is 2.27. The molecule has 6 heteroatoms. The molecule has 0 unspecified atom stereocenters. The van der Waals surface area contributed by atoms with Gasteiger partial charge in [0.15, 0.2) is 11.6 Å². The van der Waals surface area contributed by atoms with E-state index in [0.717, 1.165) is 19.7 Å². The zero-order valence-electron chi connectivity index (χ0n) is 11.3. The Labute approximate surface area is 112 Å². The van der Waals surface area contributed by atoms with Crippen LogP contribution in [0.1, 0.15) is 12.6 Å². The van der Waals surface area contributed by atoms with E-state index >= 15 is 0 Å². The molecule has 2 fully saturated rings. The van der Waals surface area contributed by atoms with Crippen molar-refractivity contribution in [3.05, 3.63) is 17.8 Å². The van der Waals surface area contributed by atoms with Crippen molar-refractivity contribution in [1.82, 2.24) is 14.9 Å². The van der Waals surface area contributed by atoms with Crippen molar-refractivity contribution >= 4 is 5.82 Å². The van der Waals surface area contributed by atoms with E-state index in [-0.39, 0.29) is 11.9 Å². The molecule has 3 heterocycles. The fourth-order valence-corrected chi connectivity index (χ4v) is 2.89. The first-order chi connectivity index (χ1) is 9.20. The molecule has 0 spiro atoms. The summed E-state index contributed by atoms with van der Waals surface area (Å²) in [5.74, 6) is 0.129. The number of likely N-dealkylation sites (N-methyl/N-ethyl adjacent to an activating group) is 1. The normalized spacial score (nSPS) is 27.6. The highest BCUT2D eigenvalue weighted by molar-refractivity contribution is 5.43. The van der Waals surface area contributed by atoms with E-state index in [1.807, 2.05) is 11.8 Å². The first-order valence-corrected chi connectivity index (χ1v) is 6.77. The fraction of sp³-hybridized carbons (Fsp3) is 0.692. The molecule has 2 aliphatic rings. The van der Waals surface area contributed by atoms with Crippen LogP contribution in [0.2, 0.25) is 0 Å². The first-order valence-electron chi connectivity index (χ1n) is 6.77. The highest BCUT2D eigenvalue weighted by Gasteiger charge is 2.39. The molecule has 2 aliphatic heterocycles. The molecule has 0 aromatic carbocycles. The number of rotatable bonds is 2. The largest absolute Gasteiger partial charge is 0.373 e. The molecule has 5 nitrogen and oxygen atoms in total. The average Bonchev–Trinajstić information content (AvgIpc) is 2.84. The lowest BCUT2D eigenvalue weighted by Gasteiger charge is -2.33. The third-order valence-corrected chi connectivity index (χ3v) is 4.06. The van der Waals surface area contributed by atoms with E-state index in [0.29, 0.717) is 30.5 Å². The van der Waals surface area contributed by atoms with Gasteiger partial charge in [0.1, 0.15) is 6.33 Å². The molecule has 1 aromatic heterocycles. The summed E-state index contributed by atoms with van der Waals surface area (Å²) in [5.41, 5.74) is 0.481. The number of aromatic nitrogens is 2. The highest BCUT2D eigenvalue weighted by atomic mass is 19.1. The Morgan fingerprint density at radius 1 is 1.42 bits per heavy atom. The van der Waals surface area contributed by atoms with Crippen LogP contribution in [0.15, 0.2) is 6.33 Å². The number of ether oxygens (including phenoxy) is 1. The lowest BCUT2D eigenvalue weighted by Crippen LogP contribution is -2.48. The van der Waals surface area contributed by atoms with E-state index in [9.17, 15) is 4.39 Å². The van der Waals surface area contributed by atoms with Gasteiger partial charge in [0, 0.05) is 19.6 Å². The van der Waals surface area contributed by atoms with Crippen LogP contribution in [-0.2, 0) is 11.2 Å². The molecule has 0 bridgehead atoms. The SMILES string of the molecule is CCc1ncnc(N2C[C@H]3OCCN(C)[C@H]3C2)c1F. The van der Waals surface area contributed by atoms with Gasteiger partial charge in [-0.05, 0) is 13.5 Å². The van der Waals surface area contributed by atoms with Crippen molar-refractivity contribution in [2.45, 2.75) is 25.5 Å².